The first-order chi connectivity index (χ1) is 9.06. The molecule has 0 radical (unpaired) electrons. The lowest BCUT2D eigenvalue weighted by molar-refractivity contribution is -0.142. The average molecular weight is 267 g/mol. The molecule has 0 spiro atoms. The number of amides is 1. The zero-order valence-corrected chi connectivity index (χ0v) is 10.9. The van der Waals surface area contributed by atoms with Gasteiger partial charge in [-0.15, -0.1) is 0 Å². The number of carbonyl (C=O) groups excluding carboxylic acids is 1. The number of hydrogen-bond donors (Lipinski definition) is 2. The first kappa shape index (κ1) is 14.8. The van der Waals surface area contributed by atoms with E-state index in [-0.39, 0.29) is 6.61 Å². The average Bonchev–Trinajstić information content (AvgIpc) is 2.42. The standard InChI is InChI=1S/C13H17NO5/c1-3-11(13(16)17)14-12(15)8-19-10-6-4-5-9(7-10)18-2/h4-7,11H,3,8H2,1-2H3,(H,14,15)(H,16,17). The van der Waals surface area contributed by atoms with Gasteiger partial charge in [-0.2, -0.15) is 0 Å². The molecule has 0 aliphatic rings. The van der Waals surface area contributed by atoms with E-state index in [9.17, 15) is 9.59 Å². The topological polar surface area (TPSA) is 84.9 Å². The van der Waals surface area contributed by atoms with E-state index in [0.29, 0.717) is 17.9 Å². The van der Waals surface area contributed by atoms with Crippen molar-refractivity contribution in [3.63, 3.8) is 0 Å². The SMILES string of the molecule is CCC(NC(=O)COc1cccc(OC)c1)C(=O)O. The molecule has 1 aromatic carbocycles. The lowest BCUT2D eigenvalue weighted by atomic mass is 10.2. The summed E-state index contributed by atoms with van der Waals surface area (Å²) < 4.78 is 10.3. The third-order valence-corrected chi connectivity index (χ3v) is 2.45. The van der Waals surface area contributed by atoms with Gasteiger partial charge in [0, 0.05) is 6.07 Å². The van der Waals surface area contributed by atoms with Gasteiger partial charge in [0.05, 0.1) is 7.11 Å². The van der Waals surface area contributed by atoms with E-state index < -0.39 is 17.9 Å². The number of methoxy groups -OCH3 is 1. The van der Waals surface area contributed by atoms with Crippen molar-refractivity contribution in [2.75, 3.05) is 13.7 Å². The molecule has 1 unspecified atom stereocenters. The van der Waals surface area contributed by atoms with Crippen molar-refractivity contribution in [2.24, 2.45) is 0 Å². The van der Waals surface area contributed by atoms with E-state index in [1.54, 1.807) is 31.2 Å². The molecule has 1 rings (SSSR count). The van der Waals surface area contributed by atoms with Crippen molar-refractivity contribution >= 4 is 11.9 Å². The second kappa shape index (κ2) is 7.25. The van der Waals surface area contributed by atoms with Gasteiger partial charge in [-0.1, -0.05) is 13.0 Å². The highest BCUT2D eigenvalue weighted by Crippen LogP contribution is 2.18. The van der Waals surface area contributed by atoms with Crippen molar-refractivity contribution in [1.29, 1.82) is 0 Å². The highest BCUT2D eigenvalue weighted by molar-refractivity contribution is 5.84. The van der Waals surface area contributed by atoms with Crippen LogP contribution in [-0.4, -0.2) is 36.7 Å². The van der Waals surface area contributed by atoms with Crippen LogP contribution in [0.1, 0.15) is 13.3 Å². The lowest BCUT2D eigenvalue weighted by Crippen LogP contribution is -2.42. The summed E-state index contributed by atoms with van der Waals surface area (Å²) in [6.45, 7) is 1.44. The monoisotopic (exact) mass is 267 g/mol. The number of carboxylic acid groups (broad SMARTS) is 1. The van der Waals surface area contributed by atoms with E-state index >= 15 is 0 Å². The van der Waals surface area contributed by atoms with Crippen molar-refractivity contribution < 1.29 is 24.2 Å². The fraction of sp³-hybridized carbons (Fsp3) is 0.385. The van der Waals surface area contributed by atoms with Crippen LogP contribution in [0.4, 0.5) is 0 Å². The Morgan fingerprint density at radius 2 is 2.05 bits per heavy atom. The molecule has 2 N–H and O–H groups in total. The summed E-state index contributed by atoms with van der Waals surface area (Å²) >= 11 is 0. The molecule has 1 aromatic rings. The largest absolute Gasteiger partial charge is 0.497 e. The Labute approximate surface area is 111 Å². The predicted octanol–water partition coefficient (Wildman–Crippen LogP) is 1.05. The van der Waals surface area contributed by atoms with Crippen LogP contribution in [0, 0.1) is 0 Å². The van der Waals surface area contributed by atoms with Crippen molar-refractivity contribution in [3.8, 4) is 11.5 Å². The van der Waals surface area contributed by atoms with E-state index in [1.165, 1.54) is 7.11 Å². The molecule has 1 atom stereocenters. The summed E-state index contributed by atoms with van der Waals surface area (Å²) in [5, 5.41) is 11.2. The van der Waals surface area contributed by atoms with Gasteiger partial charge in [0.25, 0.3) is 5.91 Å². The maximum Gasteiger partial charge on any atom is 0.326 e. The minimum Gasteiger partial charge on any atom is -0.497 e. The Bertz CT molecular complexity index is 446. The quantitative estimate of drug-likeness (QED) is 0.771. The molecule has 0 aliphatic carbocycles. The summed E-state index contributed by atoms with van der Waals surface area (Å²) in [6.07, 6.45) is 0.320. The Morgan fingerprint density at radius 3 is 2.63 bits per heavy atom. The molecule has 104 valence electrons. The number of ether oxygens (including phenoxy) is 2. The second-order valence-corrected chi connectivity index (χ2v) is 3.83. The molecule has 6 heteroatoms. The van der Waals surface area contributed by atoms with Gasteiger partial charge >= 0.3 is 5.97 Å². The van der Waals surface area contributed by atoms with Crippen molar-refractivity contribution in [1.82, 2.24) is 5.32 Å². The van der Waals surface area contributed by atoms with E-state index in [1.807, 2.05) is 0 Å². The third kappa shape index (κ3) is 4.87. The summed E-state index contributed by atoms with van der Waals surface area (Å²) in [4.78, 5) is 22.3. The number of carboxylic acids is 1. The van der Waals surface area contributed by atoms with Crippen molar-refractivity contribution in [2.45, 2.75) is 19.4 Å². The number of rotatable bonds is 7. The number of hydrogen-bond acceptors (Lipinski definition) is 4. The summed E-state index contributed by atoms with van der Waals surface area (Å²) in [5.74, 6) is -0.429. The summed E-state index contributed by atoms with van der Waals surface area (Å²) in [5.41, 5.74) is 0. The van der Waals surface area contributed by atoms with Gasteiger partial charge in [-0.25, -0.2) is 4.79 Å². The van der Waals surface area contributed by atoms with E-state index in [0.717, 1.165) is 0 Å². The summed E-state index contributed by atoms with van der Waals surface area (Å²) in [6, 6.07) is 5.93. The highest BCUT2D eigenvalue weighted by Gasteiger charge is 2.17. The van der Waals surface area contributed by atoms with Crippen LogP contribution < -0.4 is 14.8 Å². The van der Waals surface area contributed by atoms with Gasteiger partial charge < -0.3 is 19.9 Å². The van der Waals surface area contributed by atoms with Crippen LogP contribution in [-0.2, 0) is 9.59 Å². The molecule has 0 saturated heterocycles. The van der Waals surface area contributed by atoms with Gasteiger partial charge in [0.2, 0.25) is 0 Å². The molecule has 0 fully saturated rings. The zero-order chi connectivity index (χ0) is 14.3. The smallest absolute Gasteiger partial charge is 0.326 e. The Balaban J connectivity index is 2.47. The van der Waals surface area contributed by atoms with Crippen LogP contribution in [0.3, 0.4) is 0 Å². The summed E-state index contributed by atoms with van der Waals surface area (Å²) in [7, 11) is 1.53. The minimum atomic E-state index is -1.06. The fourth-order valence-corrected chi connectivity index (χ4v) is 1.41. The number of aliphatic carboxylic acids is 1. The Kier molecular flexibility index (Phi) is 5.66. The molecule has 1 amide bonds. The molecule has 0 aliphatic heterocycles. The zero-order valence-electron chi connectivity index (χ0n) is 10.9. The van der Waals surface area contributed by atoms with Gasteiger partial charge in [0.15, 0.2) is 6.61 Å². The maximum absolute atomic E-state index is 11.5. The molecule has 0 bridgehead atoms. The van der Waals surface area contributed by atoms with Gasteiger partial charge in [0.1, 0.15) is 17.5 Å². The normalized spacial score (nSPS) is 11.5. The molecule has 0 aromatic heterocycles. The first-order valence-electron chi connectivity index (χ1n) is 5.85. The molecule has 19 heavy (non-hydrogen) atoms. The molecule has 0 saturated carbocycles. The van der Waals surface area contributed by atoms with Gasteiger partial charge in [-0.3, -0.25) is 4.79 Å². The van der Waals surface area contributed by atoms with Crippen LogP contribution in [0.2, 0.25) is 0 Å². The second-order valence-electron chi connectivity index (χ2n) is 3.83. The Hall–Kier alpha value is -2.24. The van der Waals surface area contributed by atoms with E-state index in [2.05, 4.69) is 5.32 Å². The van der Waals surface area contributed by atoms with Crippen LogP contribution in [0.25, 0.3) is 0 Å². The third-order valence-electron chi connectivity index (χ3n) is 2.45. The Morgan fingerprint density at radius 1 is 1.37 bits per heavy atom. The molecule has 0 heterocycles. The number of benzene rings is 1. The van der Waals surface area contributed by atoms with Crippen LogP contribution >= 0.6 is 0 Å². The molecular weight excluding hydrogens is 250 g/mol. The van der Waals surface area contributed by atoms with Gasteiger partial charge in [-0.05, 0) is 18.6 Å². The molecule has 6 nitrogen and oxygen atoms in total. The lowest BCUT2D eigenvalue weighted by Gasteiger charge is -2.13. The van der Waals surface area contributed by atoms with Crippen LogP contribution in [0.15, 0.2) is 24.3 Å². The highest BCUT2D eigenvalue weighted by atomic mass is 16.5. The first-order valence-corrected chi connectivity index (χ1v) is 5.85. The van der Waals surface area contributed by atoms with E-state index in [4.69, 9.17) is 14.6 Å². The van der Waals surface area contributed by atoms with Crippen molar-refractivity contribution in [3.05, 3.63) is 24.3 Å². The number of nitrogens with one attached hydrogen (secondary N) is 1. The predicted molar refractivity (Wildman–Crippen MR) is 68.3 cm³/mol. The fourth-order valence-electron chi connectivity index (χ4n) is 1.41. The molecular formula is C13H17NO5. The minimum absolute atomic E-state index is 0.239. The van der Waals surface area contributed by atoms with Crippen LogP contribution in [0.5, 0.6) is 11.5 Å². The number of carbonyl (C=O) groups is 2. The maximum atomic E-state index is 11.5.